The van der Waals surface area contributed by atoms with Crippen LogP contribution in [0, 0.1) is 17.8 Å². The predicted molar refractivity (Wildman–Crippen MR) is 66.7 cm³/mol. The zero-order valence-electron chi connectivity index (χ0n) is 10.0. The minimum absolute atomic E-state index is 0.471. The van der Waals surface area contributed by atoms with Crippen LogP contribution in [0.2, 0.25) is 0 Å². The third-order valence-electron chi connectivity index (χ3n) is 4.07. The average Bonchev–Trinajstić information content (AvgIpc) is 2.24. The lowest BCUT2D eigenvalue weighted by Crippen LogP contribution is -2.43. The summed E-state index contributed by atoms with van der Waals surface area (Å²) in [6.07, 6.45) is 6.18. The molecule has 2 nitrogen and oxygen atoms in total. The normalized spacial score (nSPS) is 34.0. The van der Waals surface area contributed by atoms with E-state index in [-0.39, 0.29) is 0 Å². The van der Waals surface area contributed by atoms with Gasteiger partial charge >= 0.3 is 0 Å². The summed E-state index contributed by atoms with van der Waals surface area (Å²) in [5.74, 6) is 8.86. The molecule has 4 unspecified atom stereocenters. The fourth-order valence-electron chi connectivity index (χ4n) is 2.71. The Labute approximate surface area is 98.9 Å². The SMILES string of the molecule is CC1CCC(C(CCCCl)NN)CC1C. The number of nitrogens with two attached hydrogens (primary N) is 1. The van der Waals surface area contributed by atoms with Crippen molar-refractivity contribution >= 4 is 11.6 Å². The maximum absolute atomic E-state index is 5.72. The summed E-state index contributed by atoms with van der Waals surface area (Å²) in [5.41, 5.74) is 2.98. The number of hydrazine groups is 1. The van der Waals surface area contributed by atoms with Crippen LogP contribution in [0.4, 0.5) is 0 Å². The molecule has 0 aromatic heterocycles. The Morgan fingerprint density at radius 1 is 1.33 bits per heavy atom. The van der Waals surface area contributed by atoms with Crippen molar-refractivity contribution in [2.75, 3.05) is 5.88 Å². The molecule has 0 bridgehead atoms. The summed E-state index contributed by atoms with van der Waals surface area (Å²) in [6.45, 7) is 4.73. The highest BCUT2D eigenvalue weighted by atomic mass is 35.5. The van der Waals surface area contributed by atoms with Gasteiger partial charge in [0.05, 0.1) is 0 Å². The number of nitrogens with one attached hydrogen (secondary N) is 1. The molecule has 3 N–H and O–H groups in total. The molecule has 0 amide bonds. The van der Waals surface area contributed by atoms with Gasteiger partial charge in [-0.1, -0.05) is 20.3 Å². The summed E-state index contributed by atoms with van der Waals surface area (Å²) in [7, 11) is 0. The molecule has 0 aliphatic heterocycles. The van der Waals surface area contributed by atoms with Gasteiger partial charge in [0.1, 0.15) is 0 Å². The summed E-state index contributed by atoms with van der Waals surface area (Å²) in [4.78, 5) is 0. The number of alkyl halides is 1. The molecule has 0 aromatic carbocycles. The third kappa shape index (κ3) is 3.93. The Morgan fingerprint density at radius 2 is 2.07 bits per heavy atom. The summed E-state index contributed by atoms with van der Waals surface area (Å²) in [6, 6.07) is 0.471. The lowest BCUT2D eigenvalue weighted by molar-refractivity contribution is 0.166. The van der Waals surface area contributed by atoms with Gasteiger partial charge in [-0.2, -0.15) is 0 Å². The molecule has 0 aromatic rings. The van der Waals surface area contributed by atoms with Gasteiger partial charge in [0.15, 0.2) is 0 Å². The van der Waals surface area contributed by atoms with Crippen LogP contribution in [-0.2, 0) is 0 Å². The van der Waals surface area contributed by atoms with E-state index in [2.05, 4.69) is 19.3 Å². The third-order valence-corrected chi connectivity index (χ3v) is 4.34. The van der Waals surface area contributed by atoms with Crippen molar-refractivity contribution in [3.63, 3.8) is 0 Å². The molecular formula is C12H25ClN2. The van der Waals surface area contributed by atoms with E-state index in [1.165, 1.54) is 19.3 Å². The van der Waals surface area contributed by atoms with Gasteiger partial charge in [0.25, 0.3) is 0 Å². The van der Waals surface area contributed by atoms with Crippen molar-refractivity contribution in [1.82, 2.24) is 5.43 Å². The highest BCUT2D eigenvalue weighted by Gasteiger charge is 2.29. The maximum Gasteiger partial charge on any atom is 0.0239 e. The van der Waals surface area contributed by atoms with Crippen LogP contribution in [0.25, 0.3) is 0 Å². The van der Waals surface area contributed by atoms with E-state index in [0.29, 0.717) is 6.04 Å². The van der Waals surface area contributed by atoms with Gasteiger partial charge in [-0.05, 0) is 43.4 Å². The molecule has 3 heteroatoms. The van der Waals surface area contributed by atoms with E-state index in [0.717, 1.165) is 36.5 Å². The van der Waals surface area contributed by atoms with Gasteiger partial charge < -0.3 is 0 Å². The average molecular weight is 233 g/mol. The van der Waals surface area contributed by atoms with Crippen molar-refractivity contribution in [2.45, 2.75) is 52.0 Å². The Balaban J connectivity index is 2.39. The quantitative estimate of drug-likeness (QED) is 0.435. The Morgan fingerprint density at radius 3 is 2.60 bits per heavy atom. The van der Waals surface area contributed by atoms with Crippen LogP contribution in [0.5, 0.6) is 0 Å². The maximum atomic E-state index is 5.72. The largest absolute Gasteiger partial charge is 0.271 e. The van der Waals surface area contributed by atoms with Crippen LogP contribution >= 0.6 is 11.6 Å². The smallest absolute Gasteiger partial charge is 0.0239 e. The molecule has 4 atom stereocenters. The molecule has 1 fully saturated rings. The monoisotopic (exact) mass is 232 g/mol. The van der Waals surface area contributed by atoms with Gasteiger partial charge in [0.2, 0.25) is 0 Å². The summed E-state index contributed by atoms with van der Waals surface area (Å²) >= 11 is 5.72. The minimum atomic E-state index is 0.471. The molecule has 0 heterocycles. The lowest BCUT2D eigenvalue weighted by atomic mass is 9.72. The summed E-state index contributed by atoms with van der Waals surface area (Å²) < 4.78 is 0. The number of rotatable bonds is 5. The summed E-state index contributed by atoms with van der Waals surface area (Å²) in [5, 5.41) is 0. The van der Waals surface area contributed by atoms with Crippen LogP contribution < -0.4 is 11.3 Å². The van der Waals surface area contributed by atoms with Crippen LogP contribution in [-0.4, -0.2) is 11.9 Å². The van der Waals surface area contributed by atoms with Gasteiger partial charge in [-0.25, -0.2) is 0 Å². The first kappa shape index (κ1) is 13.3. The first-order chi connectivity index (χ1) is 7.19. The van der Waals surface area contributed by atoms with E-state index in [1.807, 2.05) is 0 Å². The molecular weight excluding hydrogens is 208 g/mol. The molecule has 0 radical (unpaired) electrons. The van der Waals surface area contributed by atoms with E-state index in [4.69, 9.17) is 17.4 Å². The Hall–Kier alpha value is 0.210. The van der Waals surface area contributed by atoms with E-state index in [1.54, 1.807) is 0 Å². The topological polar surface area (TPSA) is 38.0 Å². The second kappa shape index (κ2) is 6.72. The van der Waals surface area contributed by atoms with Crippen molar-refractivity contribution in [3.05, 3.63) is 0 Å². The predicted octanol–water partition coefficient (Wildman–Crippen LogP) is 2.91. The molecule has 0 saturated heterocycles. The number of hydrogen-bond donors (Lipinski definition) is 2. The molecule has 15 heavy (non-hydrogen) atoms. The Kier molecular flexibility index (Phi) is 5.95. The van der Waals surface area contributed by atoms with Gasteiger partial charge in [-0.15, -0.1) is 11.6 Å². The van der Waals surface area contributed by atoms with Crippen molar-refractivity contribution in [2.24, 2.45) is 23.6 Å². The van der Waals surface area contributed by atoms with Crippen LogP contribution in [0.1, 0.15) is 46.0 Å². The lowest BCUT2D eigenvalue weighted by Gasteiger charge is -2.36. The first-order valence-electron chi connectivity index (χ1n) is 6.21. The van der Waals surface area contributed by atoms with Crippen LogP contribution in [0.3, 0.4) is 0 Å². The molecule has 1 saturated carbocycles. The molecule has 90 valence electrons. The zero-order valence-corrected chi connectivity index (χ0v) is 10.8. The van der Waals surface area contributed by atoms with Gasteiger partial charge in [-0.3, -0.25) is 11.3 Å². The first-order valence-corrected chi connectivity index (χ1v) is 6.74. The molecule has 1 aliphatic carbocycles. The second-order valence-electron chi connectivity index (χ2n) is 5.13. The van der Waals surface area contributed by atoms with Gasteiger partial charge in [0, 0.05) is 11.9 Å². The number of hydrogen-bond acceptors (Lipinski definition) is 2. The second-order valence-corrected chi connectivity index (χ2v) is 5.51. The standard InChI is InChI=1S/C12H25ClN2/c1-9-5-6-11(8-10(9)2)12(15-14)4-3-7-13/h9-12,15H,3-8,14H2,1-2H3. The Bertz CT molecular complexity index is 175. The van der Waals surface area contributed by atoms with Crippen LogP contribution in [0.15, 0.2) is 0 Å². The zero-order chi connectivity index (χ0) is 11.3. The fraction of sp³-hybridized carbons (Fsp3) is 1.00. The van der Waals surface area contributed by atoms with Crippen molar-refractivity contribution in [3.8, 4) is 0 Å². The van der Waals surface area contributed by atoms with E-state index >= 15 is 0 Å². The molecule has 1 aliphatic rings. The van der Waals surface area contributed by atoms with Crippen molar-refractivity contribution < 1.29 is 0 Å². The molecule has 1 rings (SSSR count). The highest BCUT2D eigenvalue weighted by molar-refractivity contribution is 6.17. The fourth-order valence-corrected chi connectivity index (χ4v) is 2.86. The minimum Gasteiger partial charge on any atom is -0.271 e. The highest BCUT2D eigenvalue weighted by Crippen LogP contribution is 2.35. The van der Waals surface area contributed by atoms with E-state index < -0.39 is 0 Å². The molecule has 0 spiro atoms. The van der Waals surface area contributed by atoms with E-state index in [9.17, 15) is 0 Å². The number of halogens is 1. The van der Waals surface area contributed by atoms with Crippen molar-refractivity contribution in [1.29, 1.82) is 0 Å².